The van der Waals surface area contributed by atoms with Gasteiger partial charge in [0.25, 0.3) is 17.7 Å². The van der Waals surface area contributed by atoms with Gasteiger partial charge in [0, 0.05) is 90.9 Å². The van der Waals surface area contributed by atoms with Crippen LogP contribution in [-0.4, -0.2) is 214 Å². The third kappa shape index (κ3) is 19.7. The molecule has 3 fully saturated rings. The normalized spacial score (nSPS) is 26.4. The summed E-state index contributed by atoms with van der Waals surface area (Å²) in [4.78, 5) is 125. The molecule has 0 bridgehead atoms. The monoisotopic (exact) mass is 1170 g/mol. The van der Waals surface area contributed by atoms with Gasteiger partial charge in [-0.05, 0) is 109 Å². The zero-order valence-electron chi connectivity index (χ0n) is 51.2. The number of carbonyl (C=O) groups is 8. The van der Waals surface area contributed by atoms with Gasteiger partial charge in [0.2, 0.25) is 0 Å². The fourth-order valence-electron chi connectivity index (χ4n) is 10.5. The van der Waals surface area contributed by atoms with Gasteiger partial charge in [-0.25, -0.2) is 23.2 Å². The number of amides is 3. The summed E-state index contributed by atoms with van der Waals surface area (Å²) in [6.45, 7) is 18.9. The lowest BCUT2D eigenvalue weighted by Gasteiger charge is -2.38. The number of anilines is 2. The number of morpholine rings is 2. The van der Waals surface area contributed by atoms with E-state index >= 15 is 18.4 Å². The Morgan fingerprint density at radius 2 is 0.916 bits per heavy atom. The first-order chi connectivity index (χ1) is 38.8. The van der Waals surface area contributed by atoms with Gasteiger partial charge in [-0.2, -0.15) is 0 Å². The van der Waals surface area contributed by atoms with Crippen molar-refractivity contribution in [3.05, 3.63) is 59.7 Å². The number of likely N-dealkylation sites (N-methyl/N-ethyl adjacent to an activating group) is 4. The number of nitrogens with zero attached hydrogens (tertiary/aromatic N) is 6. The molecule has 3 amide bonds. The predicted octanol–water partition coefficient (Wildman–Crippen LogP) is 5.56. The number of rotatable bonds is 15. The molecule has 0 spiro atoms. The lowest BCUT2D eigenvalue weighted by atomic mass is 9.97. The van der Waals surface area contributed by atoms with Crippen molar-refractivity contribution in [1.29, 1.82) is 0 Å². The number of halogens is 2. The summed E-state index contributed by atoms with van der Waals surface area (Å²) in [6.07, 6.45) is -6.25. The van der Waals surface area contributed by atoms with Gasteiger partial charge in [0.05, 0.1) is 26.4 Å². The lowest BCUT2D eigenvalue weighted by molar-refractivity contribution is -0.178. The van der Waals surface area contributed by atoms with Gasteiger partial charge in [-0.15, -0.1) is 0 Å². The van der Waals surface area contributed by atoms with Gasteiger partial charge in [-0.3, -0.25) is 28.9 Å². The molecule has 0 N–H and O–H groups in total. The Kier molecular flexibility index (Phi) is 24.0. The van der Waals surface area contributed by atoms with Crippen molar-refractivity contribution in [2.24, 2.45) is 11.8 Å². The first-order valence-corrected chi connectivity index (χ1v) is 28.8. The van der Waals surface area contributed by atoms with Crippen molar-refractivity contribution in [2.75, 3.05) is 97.1 Å². The maximum absolute atomic E-state index is 16.0. The van der Waals surface area contributed by atoms with E-state index in [9.17, 15) is 28.8 Å². The fraction of sp³-hybridized carbons (Fsp3) is 0.672. The summed E-state index contributed by atoms with van der Waals surface area (Å²) in [7, 11) is 5.26. The Labute approximate surface area is 488 Å². The molecule has 2 aromatic rings. The number of alkyl halides is 2. The van der Waals surface area contributed by atoms with Crippen LogP contribution in [0.15, 0.2) is 48.5 Å². The van der Waals surface area contributed by atoms with Crippen LogP contribution in [0, 0.1) is 11.8 Å². The highest BCUT2D eigenvalue weighted by Crippen LogP contribution is 2.29. The maximum Gasteiger partial charge on any atom is 0.329 e. The molecule has 22 heteroatoms. The van der Waals surface area contributed by atoms with E-state index in [-0.39, 0.29) is 37.5 Å². The van der Waals surface area contributed by atoms with Crippen LogP contribution in [-0.2, 0) is 79.6 Å². The second kappa shape index (κ2) is 29.5. The molecule has 20 nitrogen and oxygen atoms in total. The van der Waals surface area contributed by atoms with Crippen LogP contribution in [0.2, 0.25) is 0 Å². The topological polar surface area (TPSA) is 211 Å². The Morgan fingerprint density at radius 3 is 1.30 bits per heavy atom. The van der Waals surface area contributed by atoms with Crippen LogP contribution >= 0.6 is 0 Å². The molecule has 8 atom stereocenters. The van der Waals surface area contributed by atoms with Crippen LogP contribution in [0.4, 0.5) is 20.2 Å². The van der Waals surface area contributed by atoms with Gasteiger partial charge in [-0.1, -0.05) is 52.0 Å². The molecule has 0 radical (unpaired) electrons. The van der Waals surface area contributed by atoms with Crippen molar-refractivity contribution in [2.45, 2.75) is 167 Å². The van der Waals surface area contributed by atoms with Crippen LogP contribution in [0.3, 0.4) is 0 Å². The quantitative estimate of drug-likeness (QED) is 0.121. The average molecular weight is 1170 g/mol. The molecule has 3 saturated heterocycles. The highest BCUT2D eigenvalue weighted by molar-refractivity contribution is 5.93. The minimum Gasteiger partial charge on any atom is -0.451 e. The van der Waals surface area contributed by atoms with Gasteiger partial charge in [0.1, 0.15) is 35.5 Å². The molecule has 0 saturated carbocycles. The number of hydrogen-bond acceptors (Lipinski definition) is 17. The molecule has 0 aliphatic carbocycles. The van der Waals surface area contributed by atoms with Crippen LogP contribution in [0.25, 0.3) is 0 Å². The van der Waals surface area contributed by atoms with E-state index in [0.29, 0.717) is 70.0 Å². The summed E-state index contributed by atoms with van der Waals surface area (Å²) < 4.78 is 67.0. The molecule has 3 aliphatic rings. The van der Waals surface area contributed by atoms with Crippen molar-refractivity contribution >= 4 is 59.3 Å². The molecule has 5 rings (SSSR count). The van der Waals surface area contributed by atoms with Crippen molar-refractivity contribution in [1.82, 2.24) is 19.6 Å². The molecular weight excluding hydrogens is 1080 g/mol. The van der Waals surface area contributed by atoms with E-state index in [1.165, 1.54) is 74.6 Å². The van der Waals surface area contributed by atoms with Crippen LogP contribution in [0.5, 0.6) is 0 Å². The van der Waals surface area contributed by atoms with E-state index in [1.54, 1.807) is 52.0 Å². The maximum atomic E-state index is 16.0. The smallest absolute Gasteiger partial charge is 0.329 e. The molecule has 462 valence electrons. The third-order valence-corrected chi connectivity index (χ3v) is 15.1. The molecule has 83 heavy (non-hydrogen) atoms. The highest BCUT2D eigenvalue weighted by atomic mass is 19.1. The summed E-state index contributed by atoms with van der Waals surface area (Å²) in [5.74, 6) is -7.51. The largest absolute Gasteiger partial charge is 0.451 e. The zero-order chi connectivity index (χ0) is 61.7. The van der Waals surface area contributed by atoms with Gasteiger partial charge < -0.3 is 52.9 Å². The van der Waals surface area contributed by atoms with Crippen molar-refractivity contribution in [3.63, 3.8) is 0 Å². The average Bonchev–Trinajstić information content (AvgIpc) is 3.61. The van der Waals surface area contributed by atoms with E-state index in [0.717, 1.165) is 26.1 Å². The molecule has 0 aromatic heterocycles. The van der Waals surface area contributed by atoms with Crippen molar-refractivity contribution < 1.29 is 75.6 Å². The Balaban J connectivity index is 1.63. The number of cyclic esters (lactones) is 4. The minimum absolute atomic E-state index is 0.0000393. The third-order valence-electron chi connectivity index (χ3n) is 15.1. The number of benzene rings is 2. The number of ether oxygens (including phenoxy) is 6. The van der Waals surface area contributed by atoms with Gasteiger partial charge >= 0.3 is 23.9 Å². The Morgan fingerprint density at radius 1 is 0.554 bits per heavy atom. The number of aldehydes is 1. The summed E-state index contributed by atoms with van der Waals surface area (Å²) >= 11 is 0. The predicted molar refractivity (Wildman–Crippen MR) is 307 cm³/mol. The standard InChI is InChI=1S/C61H90F2N6O14/c1-39(2)31-46-55(74)80-41(5)52(71)67(14)49(36-60(8,9)63)57(76)82-51(34-43-17-21-45(22-18-43)69-25-29-79-30-26-69)54(73)66(13)47(32-40(3)4)58(77)83-61(10,38-70)37-64(11)48(35-59(6,7)62)56(75)81-50(53(72)65(46)12)33-42-15-19-44(20-16-42)68-23-27-78-28-24-68/h15-22,38-41,46-51H,23-37H2,1-14H3/t41-,46+,47+,48+,49+,50-,51-,61-/m1/s1. The van der Waals surface area contributed by atoms with E-state index in [1.807, 2.05) is 24.3 Å². The highest BCUT2D eigenvalue weighted by Gasteiger charge is 2.45. The first kappa shape index (κ1) is 67.5. The Hall–Kier alpha value is -6.26. The summed E-state index contributed by atoms with van der Waals surface area (Å²) in [5.41, 5.74) is -3.36. The molecule has 0 unspecified atom stereocenters. The Bertz CT molecular complexity index is 2530. The second-order valence-corrected chi connectivity index (χ2v) is 24.7. The molecule has 3 aliphatic heterocycles. The number of esters is 4. The number of hydrogen-bond donors (Lipinski definition) is 0. The minimum atomic E-state index is -2.12. The summed E-state index contributed by atoms with van der Waals surface area (Å²) in [6, 6.07) is 8.45. The second-order valence-electron chi connectivity index (χ2n) is 24.7. The molecule has 2 aromatic carbocycles. The van der Waals surface area contributed by atoms with Crippen LogP contribution < -0.4 is 9.80 Å². The SMILES string of the molecule is CC(C)C[C@H]1C(=O)O[C@H](C)C(=O)N(C)[C@@H](CC(C)(C)F)C(=O)O[C@H](Cc2ccc(N3CCOCC3)cc2)C(=O)N(C)[C@@H](CC(C)C)C(=O)O[C@@](C)(C=O)CN(C)[C@@H](CC(C)(C)F)C(=O)O[C@H](Cc2ccc(N3CCOCC3)cc2)C(=O)N1C. The van der Waals surface area contributed by atoms with Crippen molar-refractivity contribution in [3.8, 4) is 0 Å². The van der Waals surface area contributed by atoms with E-state index < -0.39 is 120 Å². The van der Waals surface area contributed by atoms with E-state index in [2.05, 4.69) is 9.80 Å². The lowest BCUT2D eigenvalue weighted by Crippen LogP contribution is -2.56. The fourth-order valence-corrected chi connectivity index (χ4v) is 10.5. The zero-order valence-corrected chi connectivity index (χ0v) is 51.2. The van der Waals surface area contributed by atoms with Gasteiger partial charge in [0.15, 0.2) is 30.2 Å². The molecule has 3 heterocycles. The molecular formula is C61H90F2N6O14. The summed E-state index contributed by atoms with van der Waals surface area (Å²) in [5, 5.41) is 0. The first-order valence-electron chi connectivity index (χ1n) is 28.8. The van der Waals surface area contributed by atoms with E-state index in [4.69, 9.17) is 28.4 Å². The van der Waals surface area contributed by atoms with Crippen LogP contribution in [0.1, 0.15) is 106 Å². The number of carbonyl (C=O) groups excluding carboxylic acids is 8.